The summed E-state index contributed by atoms with van der Waals surface area (Å²) in [6.07, 6.45) is 2.32. The molecule has 1 aliphatic rings. The molecule has 0 spiro atoms. The number of hydrogen-bond acceptors (Lipinski definition) is 4. The monoisotopic (exact) mass is 278 g/mol. The minimum atomic E-state index is 0.0669. The molecule has 0 aliphatic carbocycles. The highest BCUT2D eigenvalue weighted by Crippen LogP contribution is 2.29. The summed E-state index contributed by atoms with van der Waals surface area (Å²) >= 11 is 9.05. The predicted molar refractivity (Wildman–Crippen MR) is 54.6 cm³/mol. The molecular formula is C8H8BrClN2O2. The van der Waals surface area contributed by atoms with E-state index in [1.54, 1.807) is 0 Å². The average Bonchev–Trinajstić information content (AvgIpc) is 2.66. The molecule has 4 nitrogen and oxygen atoms in total. The number of halogens is 2. The molecule has 6 heteroatoms. The van der Waals surface area contributed by atoms with Crippen molar-refractivity contribution in [3.8, 4) is 5.88 Å². The summed E-state index contributed by atoms with van der Waals surface area (Å²) in [5.41, 5.74) is 0. The summed E-state index contributed by atoms with van der Waals surface area (Å²) in [5.74, 6) is 0.473. The Kier molecular flexibility index (Phi) is 3.20. The first-order valence-electron chi connectivity index (χ1n) is 4.18. The number of hydrogen-bond donors (Lipinski definition) is 0. The van der Waals surface area contributed by atoms with Crippen LogP contribution in [0.15, 0.2) is 10.8 Å². The number of nitrogens with zero attached hydrogens (tertiary/aromatic N) is 2. The quantitative estimate of drug-likeness (QED) is 0.777. The lowest BCUT2D eigenvalue weighted by Gasteiger charge is -2.11. The highest BCUT2D eigenvalue weighted by molar-refractivity contribution is 9.10. The molecule has 0 aromatic carbocycles. The van der Waals surface area contributed by atoms with Gasteiger partial charge >= 0.3 is 0 Å². The Bertz CT molecular complexity index is 331. The fourth-order valence-electron chi connectivity index (χ4n) is 1.18. The zero-order chi connectivity index (χ0) is 9.97. The van der Waals surface area contributed by atoms with Crippen LogP contribution in [-0.4, -0.2) is 29.3 Å². The molecule has 0 bridgehead atoms. The van der Waals surface area contributed by atoms with E-state index in [-0.39, 0.29) is 6.10 Å². The predicted octanol–water partition coefficient (Wildman–Crippen LogP) is 2.06. The maximum Gasteiger partial charge on any atom is 0.233 e. The lowest BCUT2D eigenvalue weighted by Crippen LogP contribution is -2.16. The van der Waals surface area contributed by atoms with Crippen molar-refractivity contribution in [2.45, 2.75) is 12.5 Å². The lowest BCUT2D eigenvalue weighted by molar-refractivity contribution is 0.137. The van der Waals surface area contributed by atoms with E-state index >= 15 is 0 Å². The van der Waals surface area contributed by atoms with Crippen molar-refractivity contribution in [1.29, 1.82) is 0 Å². The van der Waals surface area contributed by atoms with Gasteiger partial charge in [0.25, 0.3) is 0 Å². The van der Waals surface area contributed by atoms with Crippen molar-refractivity contribution >= 4 is 27.5 Å². The zero-order valence-electron chi connectivity index (χ0n) is 7.24. The molecule has 2 heterocycles. The summed E-state index contributed by atoms with van der Waals surface area (Å²) in [6, 6.07) is 0. The summed E-state index contributed by atoms with van der Waals surface area (Å²) < 4.78 is 11.4. The van der Waals surface area contributed by atoms with Gasteiger partial charge in [-0.1, -0.05) is 11.6 Å². The van der Waals surface area contributed by atoms with E-state index < -0.39 is 0 Å². The van der Waals surface area contributed by atoms with Gasteiger partial charge in [0.1, 0.15) is 16.9 Å². The maximum atomic E-state index is 5.79. The fourth-order valence-corrected chi connectivity index (χ4v) is 1.60. The van der Waals surface area contributed by atoms with E-state index in [2.05, 4.69) is 25.9 Å². The van der Waals surface area contributed by atoms with Gasteiger partial charge in [-0.2, -0.15) is 0 Å². The molecule has 0 amide bonds. The summed E-state index contributed by atoms with van der Waals surface area (Å²) in [6.45, 7) is 1.34. The van der Waals surface area contributed by atoms with Gasteiger partial charge in [-0.15, -0.1) is 0 Å². The molecule has 1 atom stereocenters. The maximum absolute atomic E-state index is 5.79. The molecule has 1 fully saturated rings. The van der Waals surface area contributed by atoms with E-state index in [1.165, 1.54) is 6.33 Å². The lowest BCUT2D eigenvalue weighted by atomic mass is 10.3. The first kappa shape index (κ1) is 10.1. The molecule has 0 saturated carbocycles. The van der Waals surface area contributed by atoms with Crippen LogP contribution in [0.5, 0.6) is 5.88 Å². The first-order chi connectivity index (χ1) is 6.77. The zero-order valence-corrected chi connectivity index (χ0v) is 9.58. The van der Waals surface area contributed by atoms with Gasteiger partial charge in [0.15, 0.2) is 5.15 Å². The molecular weight excluding hydrogens is 271 g/mol. The van der Waals surface area contributed by atoms with Gasteiger partial charge in [0, 0.05) is 6.42 Å². The van der Waals surface area contributed by atoms with Crippen LogP contribution in [0, 0.1) is 0 Å². The smallest absolute Gasteiger partial charge is 0.233 e. The van der Waals surface area contributed by atoms with Crippen molar-refractivity contribution in [2.24, 2.45) is 0 Å². The van der Waals surface area contributed by atoms with Gasteiger partial charge in [-0.05, 0) is 15.9 Å². The van der Waals surface area contributed by atoms with Gasteiger partial charge in [-0.25, -0.2) is 9.97 Å². The van der Waals surface area contributed by atoms with Crippen LogP contribution >= 0.6 is 27.5 Å². The van der Waals surface area contributed by atoms with E-state index in [4.69, 9.17) is 21.1 Å². The SMILES string of the molecule is Clc1ncnc(OC2CCOC2)c1Br. The molecule has 1 aliphatic heterocycles. The van der Waals surface area contributed by atoms with Crippen LogP contribution in [0.3, 0.4) is 0 Å². The highest BCUT2D eigenvalue weighted by Gasteiger charge is 2.19. The molecule has 0 N–H and O–H groups in total. The Morgan fingerprint density at radius 1 is 1.57 bits per heavy atom. The van der Waals surface area contributed by atoms with Gasteiger partial charge in [0.05, 0.1) is 13.2 Å². The minimum Gasteiger partial charge on any atom is -0.471 e. The van der Waals surface area contributed by atoms with Crippen molar-refractivity contribution in [3.05, 3.63) is 16.0 Å². The van der Waals surface area contributed by atoms with E-state index in [0.29, 0.717) is 22.1 Å². The molecule has 2 rings (SSSR count). The van der Waals surface area contributed by atoms with Crippen molar-refractivity contribution in [2.75, 3.05) is 13.2 Å². The Hall–Kier alpha value is -0.390. The summed E-state index contributed by atoms with van der Waals surface area (Å²) in [7, 11) is 0. The third kappa shape index (κ3) is 2.16. The molecule has 76 valence electrons. The van der Waals surface area contributed by atoms with Crippen LogP contribution in [0.1, 0.15) is 6.42 Å². The average molecular weight is 280 g/mol. The molecule has 1 saturated heterocycles. The number of rotatable bonds is 2. The standard InChI is InChI=1S/C8H8BrClN2O2/c9-6-7(10)11-4-12-8(6)14-5-1-2-13-3-5/h4-5H,1-3H2. The van der Waals surface area contributed by atoms with Crippen molar-refractivity contribution in [3.63, 3.8) is 0 Å². The molecule has 1 aromatic heterocycles. The van der Waals surface area contributed by atoms with Gasteiger partial charge in [0.2, 0.25) is 5.88 Å². The minimum absolute atomic E-state index is 0.0669. The van der Waals surface area contributed by atoms with Crippen LogP contribution in [0.25, 0.3) is 0 Å². The Morgan fingerprint density at radius 2 is 2.43 bits per heavy atom. The first-order valence-corrected chi connectivity index (χ1v) is 5.35. The van der Waals surface area contributed by atoms with Crippen LogP contribution in [0.4, 0.5) is 0 Å². The van der Waals surface area contributed by atoms with Crippen LogP contribution in [0.2, 0.25) is 5.15 Å². The topological polar surface area (TPSA) is 44.2 Å². The third-order valence-electron chi connectivity index (χ3n) is 1.88. The van der Waals surface area contributed by atoms with E-state index in [9.17, 15) is 0 Å². The Balaban J connectivity index is 2.11. The second-order valence-electron chi connectivity index (χ2n) is 2.89. The molecule has 0 radical (unpaired) electrons. The summed E-state index contributed by atoms with van der Waals surface area (Å²) in [5, 5.41) is 0.355. The Labute approximate surface area is 94.7 Å². The largest absolute Gasteiger partial charge is 0.471 e. The van der Waals surface area contributed by atoms with E-state index in [1.807, 2.05) is 0 Å². The second-order valence-corrected chi connectivity index (χ2v) is 4.04. The number of aromatic nitrogens is 2. The number of ether oxygens (including phenoxy) is 2. The highest BCUT2D eigenvalue weighted by atomic mass is 79.9. The fraction of sp³-hybridized carbons (Fsp3) is 0.500. The van der Waals surface area contributed by atoms with E-state index in [0.717, 1.165) is 13.0 Å². The molecule has 14 heavy (non-hydrogen) atoms. The van der Waals surface area contributed by atoms with Crippen LogP contribution in [-0.2, 0) is 4.74 Å². The third-order valence-corrected chi connectivity index (χ3v) is 3.11. The summed E-state index contributed by atoms with van der Waals surface area (Å²) in [4.78, 5) is 7.79. The van der Waals surface area contributed by atoms with Crippen LogP contribution < -0.4 is 4.74 Å². The van der Waals surface area contributed by atoms with Crippen molar-refractivity contribution < 1.29 is 9.47 Å². The Morgan fingerprint density at radius 3 is 3.14 bits per heavy atom. The molecule has 1 unspecified atom stereocenters. The van der Waals surface area contributed by atoms with Gasteiger partial charge in [-0.3, -0.25) is 0 Å². The normalized spacial score (nSPS) is 21.1. The second kappa shape index (κ2) is 4.42. The molecule has 1 aromatic rings. The van der Waals surface area contributed by atoms with Crippen molar-refractivity contribution in [1.82, 2.24) is 9.97 Å². The van der Waals surface area contributed by atoms with Gasteiger partial charge < -0.3 is 9.47 Å².